The highest BCUT2D eigenvalue weighted by molar-refractivity contribution is 6.31. The number of hydrogen-bond donors (Lipinski definition) is 4. The van der Waals surface area contributed by atoms with E-state index in [4.69, 9.17) is 17.0 Å². The molecule has 2 heterocycles. The van der Waals surface area contributed by atoms with Crippen molar-refractivity contribution in [3.63, 3.8) is 0 Å². The molecule has 1 aliphatic heterocycles. The van der Waals surface area contributed by atoms with Crippen molar-refractivity contribution in [1.29, 1.82) is 5.41 Å². The number of amides is 2. The maximum absolute atomic E-state index is 13.0. The number of rotatable bonds is 6. The first-order valence-corrected chi connectivity index (χ1v) is 12.2. The number of aryl methyl sites for hydroxylation is 2. The van der Waals surface area contributed by atoms with Crippen LogP contribution < -0.4 is 16.2 Å². The van der Waals surface area contributed by atoms with E-state index in [9.17, 15) is 14.4 Å². The number of carbonyl (C=O) groups excluding carboxylic acids is 2. The lowest BCUT2D eigenvalue weighted by Crippen LogP contribution is -2.46. The van der Waals surface area contributed by atoms with E-state index in [1.165, 1.54) is 6.07 Å². The van der Waals surface area contributed by atoms with Gasteiger partial charge in [-0.25, -0.2) is 0 Å². The number of piperidine rings is 1. The van der Waals surface area contributed by atoms with E-state index in [0.29, 0.717) is 34.9 Å². The van der Waals surface area contributed by atoms with Gasteiger partial charge < -0.3 is 25.9 Å². The largest absolute Gasteiger partial charge is 0.382 e. The van der Waals surface area contributed by atoms with Crippen molar-refractivity contribution in [3.8, 4) is 0 Å². The Balaban J connectivity index is 1.74. The average Bonchev–Trinajstić information content (AvgIpc) is 2.77. The van der Waals surface area contributed by atoms with Gasteiger partial charge in [0.15, 0.2) is 0 Å². The Kier molecular flexibility index (Phi) is 8.05. The summed E-state index contributed by atoms with van der Waals surface area (Å²) < 4.78 is 0. The number of hydrogen-bond acceptors (Lipinski definition) is 5. The molecular formula is C26H34ClN5O3. The zero-order valence-electron chi connectivity index (χ0n) is 21.0. The van der Waals surface area contributed by atoms with Gasteiger partial charge in [0.05, 0.1) is 5.56 Å². The normalized spacial score (nSPS) is 14.5. The molecule has 0 radical (unpaired) electrons. The van der Waals surface area contributed by atoms with E-state index in [1.54, 1.807) is 13.0 Å². The monoisotopic (exact) mass is 499 g/mol. The van der Waals surface area contributed by atoms with Gasteiger partial charge in [0.25, 0.3) is 11.5 Å². The summed E-state index contributed by atoms with van der Waals surface area (Å²) in [6.07, 6.45) is 2.64. The second-order valence-electron chi connectivity index (χ2n) is 10.1. The zero-order chi connectivity index (χ0) is 25.9. The van der Waals surface area contributed by atoms with Crippen LogP contribution in [0.1, 0.15) is 66.4 Å². The van der Waals surface area contributed by atoms with Crippen LogP contribution in [0.4, 0.5) is 5.69 Å². The molecule has 0 unspecified atom stereocenters. The van der Waals surface area contributed by atoms with Gasteiger partial charge in [0, 0.05) is 64.8 Å². The molecule has 1 fully saturated rings. The number of nitrogens with one attached hydrogen (secondary N) is 4. The van der Waals surface area contributed by atoms with Gasteiger partial charge >= 0.3 is 0 Å². The highest BCUT2D eigenvalue weighted by Crippen LogP contribution is 2.28. The molecule has 4 N–H and O–H groups in total. The van der Waals surface area contributed by atoms with E-state index in [0.717, 1.165) is 30.3 Å². The number of pyridine rings is 1. The summed E-state index contributed by atoms with van der Waals surface area (Å²) in [6.45, 7) is 10.8. The van der Waals surface area contributed by atoms with Crippen molar-refractivity contribution in [1.82, 2.24) is 15.2 Å². The number of benzene rings is 1. The number of aromatic nitrogens is 1. The molecule has 0 aliphatic carbocycles. The first-order valence-electron chi connectivity index (χ1n) is 11.8. The lowest BCUT2D eigenvalue weighted by molar-refractivity contribution is -0.140. The maximum Gasteiger partial charge on any atom is 0.253 e. The van der Waals surface area contributed by atoms with Crippen LogP contribution in [-0.4, -0.2) is 47.0 Å². The first kappa shape index (κ1) is 26.5. The summed E-state index contributed by atoms with van der Waals surface area (Å²) in [5.41, 5.74) is 2.67. The van der Waals surface area contributed by atoms with Gasteiger partial charge in [-0.15, -0.1) is 0 Å². The smallest absolute Gasteiger partial charge is 0.253 e. The van der Waals surface area contributed by atoms with Crippen molar-refractivity contribution in [2.45, 2.75) is 60.0 Å². The highest BCUT2D eigenvalue weighted by atomic mass is 35.5. The van der Waals surface area contributed by atoms with Gasteiger partial charge in [0.1, 0.15) is 0 Å². The molecule has 0 spiro atoms. The Hall–Kier alpha value is -3.13. The molecular weight excluding hydrogens is 466 g/mol. The van der Waals surface area contributed by atoms with E-state index < -0.39 is 11.3 Å². The molecule has 9 heteroatoms. The van der Waals surface area contributed by atoms with Crippen LogP contribution >= 0.6 is 11.6 Å². The topological polar surface area (TPSA) is 118 Å². The molecule has 0 atom stereocenters. The van der Waals surface area contributed by atoms with Gasteiger partial charge in [-0.1, -0.05) is 32.4 Å². The Bertz CT molecular complexity index is 1190. The van der Waals surface area contributed by atoms with Gasteiger partial charge in [-0.2, -0.15) is 0 Å². The number of anilines is 1. The van der Waals surface area contributed by atoms with E-state index >= 15 is 0 Å². The number of aromatic amines is 1. The second kappa shape index (κ2) is 10.6. The molecule has 1 aromatic carbocycles. The Morgan fingerprint density at radius 2 is 1.86 bits per heavy atom. The minimum absolute atomic E-state index is 0.0628. The average molecular weight is 500 g/mol. The third-order valence-electron chi connectivity index (χ3n) is 6.24. The van der Waals surface area contributed by atoms with Crippen LogP contribution in [-0.2, 0) is 11.3 Å². The second-order valence-corrected chi connectivity index (χ2v) is 10.6. The SMILES string of the molecule is Cc1cc(C)c(CNC(=O)c2cc(Cl)cc(NC3CCN(C(=O)C(C)(C)C)CC3)c2C=N)c(=O)[nH]1. The minimum Gasteiger partial charge on any atom is -0.382 e. The fourth-order valence-corrected chi connectivity index (χ4v) is 4.59. The van der Waals surface area contributed by atoms with Crippen molar-refractivity contribution < 1.29 is 9.59 Å². The van der Waals surface area contributed by atoms with Gasteiger partial charge in [0.2, 0.25) is 5.91 Å². The molecule has 3 rings (SSSR count). The summed E-state index contributed by atoms with van der Waals surface area (Å²) >= 11 is 6.34. The summed E-state index contributed by atoms with van der Waals surface area (Å²) in [5.74, 6) is -0.278. The number of likely N-dealkylation sites (tertiary alicyclic amines) is 1. The Morgan fingerprint density at radius 3 is 2.43 bits per heavy atom. The van der Waals surface area contributed by atoms with Crippen molar-refractivity contribution >= 4 is 35.3 Å². The number of nitrogens with zero attached hydrogens (tertiary/aromatic N) is 1. The van der Waals surface area contributed by atoms with Crippen LogP contribution in [0.5, 0.6) is 0 Å². The Labute approximate surface area is 211 Å². The van der Waals surface area contributed by atoms with E-state index in [-0.39, 0.29) is 29.6 Å². The van der Waals surface area contributed by atoms with E-state index in [1.807, 2.05) is 38.7 Å². The number of carbonyl (C=O) groups is 2. The molecule has 35 heavy (non-hydrogen) atoms. The summed E-state index contributed by atoms with van der Waals surface area (Å²) in [7, 11) is 0. The third-order valence-corrected chi connectivity index (χ3v) is 6.45. The minimum atomic E-state index is -0.418. The van der Waals surface area contributed by atoms with Crippen LogP contribution in [0.25, 0.3) is 0 Å². The van der Waals surface area contributed by atoms with E-state index in [2.05, 4.69) is 15.6 Å². The molecule has 0 bridgehead atoms. The molecule has 1 aromatic heterocycles. The van der Waals surface area contributed by atoms with Crippen LogP contribution in [0, 0.1) is 24.7 Å². The quantitative estimate of drug-likeness (QED) is 0.449. The first-order chi connectivity index (χ1) is 16.4. The van der Waals surface area contributed by atoms with Gasteiger partial charge in [-0.05, 0) is 50.5 Å². The molecule has 188 valence electrons. The fraction of sp³-hybridized carbons (Fsp3) is 0.462. The predicted octanol–water partition coefficient (Wildman–Crippen LogP) is 4.02. The van der Waals surface area contributed by atoms with Crippen molar-refractivity contribution in [3.05, 3.63) is 61.5 Å². The number of H-pyrrole nitrogens is 1. The fourth-order valence-electron chi connectivity index (χ4n) is 4.37. The maximum atomic E-state index is 13.0. The molecule has 1 aliphatic rings. The number of halogens is 1. The zero-order valence-corrected chi connectivity index (χ0v) is 21.7. The Morgan fingerprint density at radius 1 is 1.20 bits per heavy atom. The third kappa shape index (κ3) is 6.31. The summed E-state index contributed by atoms with van der Waals surface area (Å²) in [6, 6.07) is 5.17. The lowest BCUT2D eigenvalue weighted by atomic mass is 9.93. The van der Waals surface area contributed by atoms with Gasteiger partial charge in [-0.3, -0.25) is 14.4 Å². The highest BCUT2D eigenvalue weighted by Gasteiger charge is 2.30. The van der Waals surface area contributed by atoms with Crippen LogP contribution in [0.2, 0.25) is 5.02 Å². The summed E-state index contributed by atoms with van der Waals surface area (Å²) in [4.78, 5) is 42.5. The molecule has 0 saturated carbocycles. The summed E-state index contributed by atoms with van der Waals surface area (Å²) in [5, 5.41) is 14.5. The van der Waals surface area contributed by atoms with Crippen LogP contribution in [0.15, 0.2) is 23.0 Å². The van der Waals surface area contributed by atoms with Crippen LogP contribution in [0.3, 0.4) is 0 Å². The molecule has 2 amide bonds. The predicted molar refractivity (Wildman–Crippen MR) is 140 cm³/mol. The lowest BCUT2D eigenvalue weighted by Gasteiger charge is -2.36. The standard InChI is InChI=1S/C26H34ClN5O3/c1-15-10-16(2)30-24(34)21(15)14-29-23(33)19-11-17(27)12-22(20(19)13-28)31-18-6-8-32(9-7-18)25(35)26(3,4)5/h10-13,18,28,31H,6-9,14H2,1-5H3,(H,29,33)(H,30,34). The van der Waals surface area contributed by atoms with Crippen molar-refractivity contribution in [2.24, 2.45) is 5.41 Å². The molecule has 8 nitrogen and oxygen atoms in total. The molecule has 1 saturated heterocycles. The molecule has 2 aromatic rings. The van der Waals surface area contributed by atoms with Crippen molar-refractivity contribution in [2.75, 3.05) is 18.4 Å².